The Kier molecular flexibility index (Phi) is 4.64. The van der Waals surface area contributed by atoms with Gasteiger partial charge in [0.15, 0.2) is 0 Å². The molecule has 0 aromatic heterocycles. The standard InChI is InChI=1S/C15H26N2O/c1-12(18-9-8-13-4-3-5-13)10-15(2,11-16)17-14-6-7-14/h12-14,17H,3-10H2,1-2H3. The van der Waals surface area contributed by atoms with E-state index in [4.69, 9.17) is 4.74 Å². The van der Waals surface area contributed by atoms with Gasteiger partial charge in [0.1, 0.15) is 5.54 Å². The third kappa shape index (κ3) is 4.26. The van der Waals surface area contributed by atoms with E-state index in [1.165, 1.54) is 38.5 Å². The van der Waals surface area contributed by atoms with Crippen LogP contribution in [0.2, 0.25) is 0 Å². The Balaban J connectivity index is 1.64. The predicted octanol–water partition coefficient (Wildman–Crippen LogP) is 3.01. The zero-order valence-electron chi connectivity index (χ0n) is 11.7. The van der Waals surface area contributed by atoms with E-state index < -0.39 is 5.54 Å². The third-order valence-corrected chi connectivity index (χ3v) is 4.20. The Bertz CT molecular complexity index is 304. The van der Waals surface area contributed by atoms with Gasteiger partial charge in [0.25, 0.3) is 0 Å². The minimum atomic E-state index is -0.420. The van der Waals surface area contributed by atoms with Crippen molar-refractivity contribution in [3.8, 4) is 6.07 Å². The van der Waals surface area contributed by atoms with Gasteiger partial charge >= 0.3 is 0 Å². The highest BCUT2D eigenvalue weighted by molar-refractivity contribution is 5.07. The van der Waals surface area contributed by atoms with Gasteiger partial charge in [-0.3, -0.25) is 5.32 Å². The van der Waals surface area contributed by atoms with Crippen molar-refractivity contribution in [2.75, 3.05) is 6.61 Å². The fourth-order valence-corrected chi connectivity index (χ4v) is 2.67. The van der Waals surface area contributed by atoms with Crippen LogP contribution in [-0.2, 0) is 4.74 Å². The second-order valence-electron chi connectivity index (χ2n) is 6.33. The minimum Gasteiger partial charge on any atom is -0.378 e. The molecule has 102 valence electrons. The Morgan fingerprint density at radius 1 is 1.39 bits per heavy atom. The predicted molar refractivity (Wildman–Crippen MR) is 72.2 cm³/mol. The van der Waals surface area contributed by atoms with Crippen LogP contribution in [0.3, 0.4) is 0 Å². The molecule has 0 heterocycles. The van der Waals surface area contributed by atoms with Gasteiger partial charge in [-0.1, -0.05) is 19.3 Å². The molecule has 0 saturated heterocycles. The van der Waals surface area contributed by atoms with Crippen LogP contribution in [0, 0.1) is 17.2 Å². The lowest BCUT2D eigenvalue weighted by Crippen LogP contribution is -2.45. The van der Waals surface area contributed by atoms with E-state index in [2.05, 4.69) is 18.3 Å². The van der Waals surface area contributed by atoms with Gasteiger partial charge in [0.05, 0.1) is 12.2 Å². The molecule has 0 aliphatic heterocycles. The van der Waals surface area contributed by atoms with Crippen molar-refractivity contribution in [3.05, 3.63) is 0 Å². The molecule has 0 radical (unpaired) electrons. The first-order valence-electron chi connectivity index (χ1n) is 7.42. The Morgan fingerprint density at radius 2 is 2.11 bits per heavy atom. The average molecular weight is 250 g/mol. The van der Waals surface area contributed by atoms with Crippen molar-refractivity contribution >= 4 is 0 Å². The van der Waals surface area contributed by atoms with Gasteiger partial charge in [-0.2, -0.15) is 5.26 Å². The third-order valence-electron chi connectivity index (χ3n) is 4.20. The lowest BCUT2D eigenvalue weighted by Gasteiger charge is -2.28. The van der Waals surface area contributed by atoms with Crippen LogP contribution in [-0.4, -0.2) is 24.3 Å². The maximum atomic E-state index is 9.30. The lowest BCUT2D eigenvalue weighted by atomic mass is 9.83. The topological polar surface area (TPSA) is 45.0 Å². The second-order valence-corrected chi connectivity index (χ2v) is 6.33. The molecule has 2 rings (SSSR count). The highest BCUT2D eigenvalue weighted by atomic mass is 16.5. The molecule has 1 N–H and O–H groups in total. The van der Waals surface area contributed by atoms with Gasteiger partial charge in [-0.25, -0.2) is 0 Å². The number of rotatable bonds is 8. The summed E-state index contributed by atoms with van der Waals surface area (Å²) in [6.07, 6.45) is 8.75. The van der Waals surface area contributed by atoms with Crippen LogP contribution in [0.4, 0.5) is 0 Å². The van der Waals surface area contributed by atoms with Gasteiger partial charge in [-0.05, 0) is 39.0 Å². The van der Waals surface area contributed by atoms with Gasteiger partial charge < -0.3 is 4.74 Å². The molecular weight excluding hydrogens is 224 g/mol. The lowest BCUT2D eigenvalue weighted by molar-refractivity contribution is 0.0334. The first-order chi connectivity index (χ1) is 8.61. The summed E-state index contributed by atoms with van der Waals surface area (Å²) in [5.74, 6) is 0.907. The molecule has 2 aliphatic carbocycles. The monoisotopic (exact) mass is 250 g/mol. The summed E-state index contributed by atoms with van der Waals surface area (Å²) < 4.78 is 5.86. The molecule has 0 amide bonds. The van der Waals surface area contributed by atoms with Crippen LogP contribution in [0.5, 0.6) is 0 Å². The van der Waals surface area contributed by atoms with E-state index in [1.807, 2.05) is 6.92 Å². The number of nitriles is 1. The molecule has 0 spiro atoms. The highest BCUT2D eigenvalue weighted by Gasteiger charge is 2.33. The maximum Gasteiger partial charge on any atom is 0.106 e. The van der Waals surface area contributed by atoms with Gasteiger partial charge in [0, 0.05) is 19.1 Å². The largest absolute Gasteiger partial charge is 0.378 e. The summed E-state index contributed by atoms with van der Waals surface area (Å²) in [5.41, 5.74) is -0.420. The number of ether oxygens (including phenoxy) is 1. The smallest absolute Gasteiger partial charge is 0.106 e. The summed E-state index contributed by atoms with van der Waals surface area (Å²) in [6.45, 7) is 4.94. The maximum absolute atomic E-state index is 9.30. The van der Waals surface area contributed by atoms with Crippen LogP contribution >= 0.6 is 0 Å². The van der Waals surface area contributed by atoms with E-state index in [-0.39, 0.29) is 6.10 Å². The molecular formula is C15H26N2O. The fraction of sp³-hybridized carbons (Fsp3) is 0.933. The SMILES string of the molecule is CC(CC(C)(C#N)NC1CC1)OCCC1CCC1. The van der Waals surface area contributed by atoms with E-state index in [9.17, 15) is 5.26 Å². The van der Waals surface area contributed by atoms with Crippen molar-refractivity contribution in [2.45, 2.75) is 76.5 Å². The molecule has 2 unspecified atom stereocenters. The average Bonchev–Trinajstić information content (AvgIpc) is 3.05. The molecule has 2 fully saturated rings. The molecule has 3 heteroatoms. The second kappa shape index (κ2) is 6.04. The Hall–Kier alpha value is -0.590. The molecule has 0 aromatic rings. The van der Waals surface area contributed by atoms with Gasteiger partial charge in [-0.15, -0.1) is 0 Å². The molecule has 0 aromatic carbocycles. The van der Waals surface area contributed by atoms with E-state index in [0.29, 0.717) is 6.04 Å². The zero-order chi connectivity index (χ0) is 13.0. The summed E-state index contributed by atoms with van der Waals surface area (Å²) >= 11 is 0. The molecule has 2 saturated carbocycles. The zero-order valence-corrected chi connectivity index (χ0v) is 11.7. The molecule has 0 bridgehead atoms. The van der Waals surface area contributed by atoms with Crippen molar-refractivity contribution < 1.29 is 4.74 Å². The molecule has 2 aliphatic rings. The Morgan fingerprint density at radius 3 is 2.61 bits per heavy atom. The van der Waals surface area contributed by atoms with Crippen molar-refractivity contribution in [1.29, 1.82) is 5.26 Å². The molecule has 2 atom stereocenters. The number of hydrogen-bond acceptors (Lipinski definition) is 3. The summed E-state index contributed by atoms with van der Waals surface area (Å²) in [7, 11) is 0. The minimum absolute atomic E-state index is 0.168. The van der Waals surface area contributed by atoms with Crippen LogP contribution < -0.4 is 5.32 Å². The first-order valence-corrected chi connectivity index (χ1v) is 7.42. The quantitative estimate of drug-likeness (QED) is 0.720. The van der Waals surface area contributed by atoms with E-state index in [1.54, 1.807) is 0 Å². The van der Waals surface area contributed by atoms with Crippen molar-refractivity contribution in [3.63, 3.8) is 0 Å². The normalized spacial score (nSPS) is 24.9. The summed E-state index contributed by atoms with van der Waals surface area (Å²) in [5, 5.41) is 12.7. The number of nitrogens with zero attached hydrogens (tertiary/aromatic N) is 1. The van der Waals surface area contributed by atoms with Crippen molar-refractivity contribution in [1.82, 2.24) is 5.32 Å². The number of hydrogen-bond donors (Lipinski definition) is 1. The molecule has 18 heavy (non-hydrogen) atoms. The van der Waals surface area contributed by atoms with E-state index in [0.717, 1.165) is 18.9 Å². The summed E-state index contributed by atoms with van der Waals surface area (Å²) in [4.78, 5) is 0. The summed E-state index contributed by atoms with van der Waals surface area (Å²) in [6, 6.07) is 2.98. The van der Waals surface area contributed by atoms with E-state index >= 15 is 0 Å². The highest BCUT2D eigenvalue weighted by Crippen LogP contribution is 2.29. The Labute approximate surface area is 111 Å². The first kappa shape index (κ1) is 13.8. The van der Waals surface area contributed by atoms with Gasteiger partial charge in [0.2, 0.25) is 0 Å². The van der Waals surface area contributed by atoms with Crippen LogP contribution in [0.15, 0.2) is 0 Å². The van der Waals surface area contributed by atoms with Crippen molar-refractivity contribution in [2.24, 2.45) is 5.92 Å². The molecule has 3 nitrogen and oxygen atoms in total. The van der Waals surface area contributed by atoms with Crippen LogP contribution in [0.25, 0.3) is 0 Å². The number of nitrogens with one attached hydrogen (secondary N) is 1. The van der Waals surface area contributed by atoms with Crippen LogP contribution in [0.1, 0.15) is 58.8 Å². The fourth-order valence-electron chi connectivity index (χ4n) is 2.67.